The zero-order valence-corrected chi connectivity index (χ0v) is 11.6. The summed E-state index contributed by atoms with van der Waals surface area (Å²) < 4.78 is 5.57. The Balaban J connectivity index is 1.79. The molecular weight excluding hydrogens is 288 g/mol. The fourth-order valence-corrected chi connectivity index (χ4v) is 3.49. The van der Waals surface area contributed by atoms with Gasteiger partial charge in [0.25, 0.3) is 5.69 Å². The molecule has 4 unspecified atom stereocenters. The molecule has 0 saturated carbocycles. The van der Waals surface area contributed by atoms with Crippen LogP contribution in [0, 0.1) is 28.9 Å². The first-order valence-electron chi connectivity index (χ1n) is 6.95. The minimum absolute atomic E-state index is 0.143. The Morgan fingerprint density at radius 2 is 1.73 bits per heavy atom. The molecule has 4 rings (SSSR count). The Hall–Kier alpha value is -2.54. The van der Waals surface area contributed by atoms with Crippen LogP contribution >= 0.6 is 0 Å². The fraction of sp³-hybridized carbons (Fsp3) is 0.333. The molecule has 3 aliphatic heterocycles. The van der Waals surface area contributed by atoms with Gasteiger partial charge in [-0.15, -0.1) is 0 Å². The summed E-state index contributed by atoms with van der Waals surface area (Å²) in [6.07, 6.45) is 2.88. The molecule has 2 fully saturated rings. The zero-order valence-electron chi connectivity index (χ0n) is 11.6. The number of non-ortho nitro benzene ring substituents is 1. The molecule has 3 heterocycles. The van der Waals surface area contributed by atoms with Gasteiger partial charge in [-0.1, -0.05) is 18.2 Å². The fourth-order valence-electron chi connectivity index (χ4n) is 3.49. The molecule has 112 valence electrons. The molecule has 0 aromatic heterocycles. The van der Waals surface area contributed by atoms with Gasteiger partial charge in [0.15, 0.2) is 0 Å². The van der Waals surface area contributed by atoms with Crippen molar-refractivity contribution in [2.75, 3.05) is 4.90 Å². The molecule has 2 amide bonds. The van der Waals surface area contributed by atoms with Gasteiger partial charge >= 0.3 is 0 Å². The smallest absolute Gasteiger partial charge is 0.271 e. The molecule has 0 aliphatic carbocycles. The van der Waals surface area contributed by atoms with Crippen molar-refractivity contribution in [3.8, 4) is 0 Å². The van der Waals surface area contributed by atoms with E-state index in [4.69, 9.17) is 4.74 Å². The van der Waals surface area contributed by atoms with Gasteiger partial charge in [0.05, 0.1) is 34.7 Å². The first-order valence-corrected chi connectivity index (χ1v) is 6.95. The molecule has 0 spiro atoms. The monoisotopic (exact) mass is 300 g/mol. The van der Waals surface area contributed by atoms with Crippen LogP contribution in [-0.2, 0) is 14.3 Å². The number of rotatable bonds is 2. The number of benzene rings is 1. The van der Waals surface area contributed by atoms with Gasteiger partial charge in [-0.25, -0.2) is 4.90 Å². The topological polar surface area (TPSA) is 89.8 Å². The first kappa shape index (κ1) is 13.1. The number of imide groups is 1. The van der Waals surface area contributed by atoms with Crippen molar-refractivity contribution in [3.63, 3.8) is 0 Å². The second kappa shape index (κ2) is 4.23. The van der Waals surface area contributed by atoms with E-state index < -0.39 is 16.8 Å². The Labute approximate surface area is 125 Å². The van der Waals surface area contributed by atoms with E-state index in [0.717, 1.165) is 4.90 Å². The number of fused-ring (bicyclic) bond motifs is 5. The number of nitrogens with zero attached hydrogens (tertiary/aromatic N) is 2. The predicted molar refractivity (Wildman–Crippen MR) is 75.1 cm³/mol. The number of aryl methyl sites for hydroxylation is 1. The normalized spacial score (nSPS) is 32.0. The second-order valence-corrected chi connectivity index (χ2v) is 5.74. The number of ether oxygens (including phenoxy) is 1. The molecule has 7 nitrogen and oxygen atoms in total. The molecule has 3 aliphatic rings. The van der Waals surface area contributed by atoms with Crippen LogP contribution in [0.3, 0.4) is 0 Å². The van der Waals surface area contributed by atoms with Crippen LogP contribution in [0.4, 0.5) is 11.4 Å². The Morgan fingerprint density at radius 3 is 2.27 bits per heavy atom. The maximum atomic E-state index is 12.6. The molecule has 22 heavy (non-hydrogen) atoms. The number of anilines is 1. The first-order chi connectivity index (χ1) is 10.5. The predicted octanol–water partition coefficient (Wildman–Crippen LogP) is 1.35. The molecule has 0 N–H and O–H groups in total. The minimum atomic E-state index is -0.539. The number of carbonyl (C=O) groups excluding carboxylic acids is 2. The van der Waals surface area contributed by atoms with Crippen molar-refractivity contribution in [3.05, 3.63) is 46.0 Å². The zero-order chi connectivity index (χ0) is 15.6. The quantitative estimate of drug-likeness (QED) is 0.356. The van der Waals surface area contributed by atoms with Crippen LogP contribution in [0.25, 0.3) is 0 Å². The van der Waals surface area contributed by atoms with E-state index in [0.29, 0.717) is 5.56 Å². The summed E-state index contributed by atoms with van der Waals surface area (Å²) in [5.41, 5.74) is 0.794. The summed E-state index contributed by atoms with van der Waals surface area (Å²) >= 11 is 0. The highest BCUT2D eigenvalue weighted by atomic mass is 16.6. The summed E-state index contributed by atoms with van der Waals surface area (Å²) in [6.45, 7) is 1.72. The lowest BCUT2D eigenvalue weighted by atomic mass is 9.85. The molecule has 4 atom stereocenters. The lowest BCUT2D eigenvalue weighted by molar-refractivity contribution is -0.384. The van der Waals surface area contributed by atoms with Gasteiger partial charge < -0.3 is 4.74 Å². The van der Waals surface area contributed by atoms with E-state index in [1.807, 2.05) is 0 Å². The lowest BCUT2D eigenvalue weighted by Crippen LogP contribution is -2.34. The molecule has 2 saturated heterocycles. The number of carbonyl (C=O) groups is 2. The number of hydrogen-bond donors (Lipinski definition) is 0. The summed E-state index contributed by atoms with van der Waals surface area (Å²) in [4.78, 5) is 36.8. The van der Waals surface area contributed by atoms with E-state index in [-0.39, 0.29) is 35.4 Å². The molecular formula is C15H12N2O5. The van der Waals surface area contributed by atoms with Crippen molar-refractivity contribution in [2.24, 2.45) is 11.8 Å². The lowest BCUT2D eigenvalue weighted by Gasteiger charge is -2.19. The average molecular weight is 300 g/mol. The van der Waals surface area contributed by atoms with Crippen LogP contribution in [-0.4, -0.2) is 28.9 Å². The molecule has 1 aromatic rings. The van der Waals surface area contributed by atoms with Crippen molar-refractivity contribution in [1.82, 2.24) is 0 Å². The van der Waals surface area contributed by atoms with E-state index >= 15 is 0 Å². The Morgan fingerprint density at radius 1 is 1.14 bits per heavy atom. The van der Waals surface area contributed by atoms with E-state index in [1.54, 1.807) is 25.1 Å². The maximum Gasteiger partial charge on any atom is 0.271 e. The minimum Gasteiger partial charge on any atom is -0.365 e. The van der Waals surface area contributed by atoms with Gasteiger partial charge in [-0.2, -0.15) is 0 Å². The Bertz CT molecular complexity index is 726. The van der Waals surface area contributed by atoms with Gasteiger partial charge in [0, 0.05) is 12.1 Å². The van der Waals surface area contributed by atoms with E-state index in [9.17, 15) is 19.7 Å². The largest absolute Gasteiger partial charge is 0.365 e. The van der Waals surface area contributed by atoms with Crippen LogP contribution in [0.1, 0.15) is 5.56 Å². The highest BCUT2D eigenvalue weighted by Gasteiger charge is 2.61. The van der Waals surface area contributed by atoms with Crippen LogP contribution in [0.5, 0.6) is 0 Å². The van der Waals surface area contributed by atoms with Crippen LogP contribution < -0.4 is 4.90 Å². The van der Waals surface area contributed by atoms with E-state index in [2.05, 4.69) is 0 Å². The molecule has 2 bridgehead atoms. The number of nitro groups is 1. The van der Waals surface area contributed by atoms with Crippen molar-refractivity contribution in [1.29, 1.82) is 0 Å². The van der Waals surface area contributed by atoms with Crippen LogP contribution in [0.2, 0.25) is 0 Å². The maximum absolute atomic E-state index is 12.6. The summed E-state index contributed by atoms with van der Waals surface area (Å²) in [6, 6.07) is 4.19. The summed E-state index contributed by atoms with van der Waals surface area (Å²) in [5, 5.41) is 10.9. The van der Waals surface area contributed by atoms with Gasteiger partial charge in [0.1, 0.15) is 0 Å². The SMILES string of the molecule is Cc1ccc([N+](=O)[O-])cc1N1C(=O)C2C3C=CC(O3)C2C1=O. The van der Waals surface area contributed by atoms with Gasteiger partial charge in [-0.05, 0) is 12.5 Å². The second-order valence-electron chi connectivity index (χ2n) is 5.74. The van der Waals surface area contributed by atoms with Crippen LogP contribution in [0.15, 0.2) is 30.4 Å². The number of amides is 2. The summed E-state index contributed by atoms with van der Waals surface area (Å²) in [7, 11) is 0. The summed E-state index contributed by atoms with van der Waals surface area (Å²) in [5.74, 6) is -1.70. The highest BCUT2D eigenvalue weighted by molar-refractivity contribution is 6.23. The Kier molecular flexibility index (Phi) is 2.53. The highest BCUT2D eigenvalue weighted by Crippen LogP contribution is 2.46. The third-order valence-corrected chi connectivity index (χ3v) is 4.56. The average Bonchev–Trinajstić information content (AvgIpc) is 3.14. The van der Waals surface area contributed by atoms with Crippen molar-refractivity contribution < 1.29 is 19.2 Å². The van der Waals surface area contributed by atoms with E-state index in [1.165, 1.54) is 12.1 Å². The van der Waals surface area contributed by atoms with Gasteiger partial charge in [-0.3, -0.25) is 19.7 Å². The molecule has 7 heteroatoms. The standard InChI is InChI=1S/C15H12N2O5/c1-7-2-3-8(17(20)21)6-9(7)16-14(18)12-10-4-5-11(22-10)13(12)15(16)19/h2-6,10-13H,1H3. The van der Waals surface area contributed by atoms with Crippen molar-refractivity contribution in [2.45, 2.75) is 19.1 Å². The number of hydrogen-bond acceptors (Lipinski definition) is 5. The third kappa shape index (κ3) is 1.54. The van der Waals surface area contributed by atoms with Gasteiger partial charge in [0.2, 0.25) is 11.8 Å². The third-order valence-electron chi connectivity index (χ3n) is 4.56. The number of nitro benzene ring substituents is 1. The molecule has 0 radical (unpaired) electrons. The van der Waals surface area contributed by atoms with Crippen molar-refractivity contribution >= 4 is 23.2 Å². The molecule has 1 aromatic carbocycles.